The zero-order chi connectivity index (χ0) is 14.0. The number of piperidine rings is 1. The maximum atomic E-state index is 13.7. The molecule has 1 aromatic carbocycles. The Morgan fingerprint density at radius 3 is 2.75 bits per heavy atom. The lowest BCUT2D eigenvalue weighted by molar-refractivity contribution is 0.0673. The Bertz CT molecular complexity index is 500. The van der Waals surface area contributed by atoms with Crippen molar-refractivity contribution in [1.29, 1.82) is 0 Å². The maximum Gasteiger partial charge on any atom is 0.256 e. The summed E-state index contributed by atoms with van der Waals surface area (Å²) >= 11 is 5.47. The summed E-state index contributed by atoms with van der Waals surface area (Å²) in [6.45, 7) is 1.51. The number of amides is 1. The van der Waals surface area contributed by atoms with Gasteiger partial charge in [0.15, 0.2) is 0 Å². The minimum absolute atomic E-state index is 0. The molecule has 1 fully saturated rings. The molecule has 1 aliphatic rings. The van der Waals surface area contributed by atoms with E-state index < -0.39 is 17.5 Å². The van der Waals surface area contributed by atoms with E-state index in [9.17, 15) is 13.6 Å². The van der Waals surface area contributed by atoms with Crippen LogP contribution in [0, 0.1) is 17.6 Å². The van der Waals surface area contributed by atoms with Crippen LogP contribution in [0.2, 0.25) is 5.02 Å². The summed E-state index contributed by atoms with van der Waals surface area (Å²) in [6.07, 6.45) is 1.78. The van der Waals surface area contributed by atoms with Crippen LogP contribution in [0.4, 0.5) is 8.78 Å². The molecule has 0 saturated carbocycles. The molecule has 20 heavy (non-hydrogen) atoms. The van der Waals surface area contributed by atoms with Crippen molar-refractivity contribution in [3.05, 3.63) is 34.4 Å². The van der Waals surface area contributed by atoms with Gasteiger partial charge in [-0.15, -0.1) is 12.4 Å². The fraction of sp³-hybridized carbons (Fsp3) is 0.462. The van der Waals surface area contributed by atoms with E-state index >= 15 is 0 Å². The Kier molecular flexibility index (Phi) is 6.17. The fourth-order valence-electron chi connectivity index (χ4n) is 2.30. The summed E-state index contributed by atoms with van der Waals surface area (Å²) in [5.74, 6) is -1.88. The number of hydrogen-bond donors (Lipinski definition) is 1. The number of halogens is 4. The zero-order valence-corrected chi connectivity index (χ0v) is 12.3. The summed E-state index contributed by atoms with van der Waals surface area (Å²) in [5, 5.41) is -0.326. The van der Waals surface area contributed by atoms with Gasteiger partial charge in [-0.1, -0.05) is 11.6 Å². The number of likely N-dealkylation sites (tertiary alicyclic amines) is 1. The minimum Gasteiger partial charge on any atom is -0.338 e. The molecule has 112 valence electrons. The molecule has 0 aromatic heterocycles. The third-order valence-electron chi connectivity index (χ3n) is 3.38. The SMILES string of the molecule is Cl.NCC1CCCN(C(=O)c2cc(F)c(Cl)cc2F)C1. The largest absolute Gasteiger partial charge is 0.338 e. The summed E-state index contributed by atoms with van der Waals surface area (Å²) in [6, 6.07) is 1.68. The molecule has 2 rings (SSSR count). The van der Waals surface area contributed by atoms with Crippen LogP contribution in [0.1, 0.15) is 23.2 Å². The van der Waals surface area contributed by atoms with Crippen molar-refractivity contribution in [2.24, 2.45) is 11.7 Å². The number of benzene rings is 1. The molecule has 1 heterocycles. The normalized spacial score (nSPS) is 18.6. The molecule has 1 aromatic rings. The first-order chi connectivity index (χ1) is 9.02. The van der Waals surface area contributed by atoms with Crippen LogP contribution in [0.25, 0.3) is 0 Å². The molecule has 1 aliphatic heterocycles. The topological polar surface area (TPSA) is 46.3 Å². The van der Waals surface area contributed by atoms with E-state index in [2.05, 4.69) is 0 Å². The second-order valence-corrected chi connectivity index (χ2v) is 5.15. The predicted octanol–water partition coefficient (Wildman–Crippen LogP) is 2.85. The standard InChI is InChI=1S/C13H15ClF2N2O.ClH/c14-10-5-11(15)9(4-12(10)16)13(19)18-3-1-2-8(6-17)7-18;/h4-5,8H,1-3,6-7,17H2;1H. The molecule has 1 atom stereocenters. The molecular formula is C13H16Cl2F2N2O. The highest BCUT2D eigenvalue weighted by molar-refractivity contribution is 6.30. The van der Waals surface area contributed by atoms with E-state index in [-0.39, 0.29) is 28.9 Å². The van der Waals surface area contributed by atoms with E-state index in [0.29, 0.717) is 19.6 Å². The van der Waals surface area contributed by atoms with Crippen LogP contribution in [-0.4, -0.2) is 30.4 Å². The second-order valence-electron chi connectivity index (χ2n) is 4.74. The zero-order valence-electron chi connectivity index (χ0n) is 10.7. The molecule has 1 unspecified atom stereocenters. The molecule has 0 radical (unpaired) electrons. The first kappa shape index (κ1) is 17.1. The Morgan fingerprint density at radius 2 is 2.10 bits per heavy atom. The molecule has 0 aliphatic carbocycles. The van der Waals surface area contributed by atoms with Crippen molar-refractivity contribution in [2.45, 2.75) is 12.8 Å². The smallest absolute Gasteiger partial charge is 0.256 e. The Morgan fingerprint density at radius 1 is 1.40 bits per heavy atom. The van der Waals surface area contributed by atoms with Gasteiger partial charge >= 0.3 is 0 Å². The lowest BCUT2D eigenvalue weighted by Gasteiger charge is -2.32. The predicted molar refractivity (Wildman–Crippen MR) is 76.3 cm³/mol. The maximum absolute atomic E-state index is 13.7. The molecular weight excluding hydrogens is 309 g/mol. The molecule has 7 heteroatoms. The van der Waals surface area contributed by atoms with E-state index in [0.717, 1.165) is 25.0 Å². The molecule has 3 nitrogen and oxygen atoms in total. The minimum atomic E-state index is -0.800. The monoisotopic (exact) mass is 324 g/mol. The fourth-order valence-corrected chi connectivity index (χ4v) is 2.45. The van der Waals surface area contributed by atoms with Gasteiger partial charge in [-0.2, -0.15) is 0 Å². The first-order valence-corrected chi connectivity index (χ1v) is 6.54. The van der Waals surface area contributed by atoms with Gasteiger partial charge in [0.1, 0.15) is 11.6 Å². The van der Waals surface area contributed by atoms with Gasteiger partial charge in [0.2, 0.25) is 0 Å². The summed E-state index contributed by atoms with van der Waals surface area (Å²) in [7, 11) is 0. The van der Waals surface area contributed by atoms with Gasteiger partial charge in [-0.05, 0) is 37.4 Å². The van der Waals surface area contributed by atoms with Gasteiger partial charge in [0.25, 0.3) is 5.91 Å². The Hall–Kier alpha value is -0.910. The van der Waals surface area contributed by atoms with Crippen LogP contribution in [0.5, 0.6) is 0 Å². The molecule has 0 spiro atoms. The van der Waals surface area contributed by atoms with Crippen molar-refractivity contribution in [3.63, 3.8) is 0 Å². The van der Waals surface area contributed by atoms with Crippen molar-refractivity contribution < 1.29 is 13.6 Å². The highest BCUT2D eigenvalue weighted by Gasteiger charge is 2.26. The second kappa shape index (κ2) is 7.20. The Balaban J connectivity index is 0.00000200. The van der Waals surface area contributed by atoms with Gasteiger partial charge in [-0.3, -0.25) is 4.79 Å². The summed E-state index contributed by atoms with van der Waals surface area (Å²) in [4.78, 5) is 13.7. The third-order valence-corrected chi connectivity index (χ3v) is 3.67. The lowest BCUT2D eigenvalue weighted by atomic mass is 9.97. The van der Waals surface area contributed by atoms with E-state index in [1.54, 1.807) is 0 Å². The molecule has 1 amide bonds. The average molecular weight is 325 g/mol. The quantitative estimate of drug-likeness (QED) is 0.850. The number of carbonyl (C=O) groups is 1. The van der Waals surface area contributed by atoms with Crippen LogP contribution < -0.4 is 5.73 Å². The van der Waals surface area contributed by atoms with Gasteiger partial charge in [0, 0.05) is 13.1 Å². The number of carbonyl (C=O) groups excluding carboxylic acids is 1. The van der Waals surface area contributed by atoms with Gasteiger partial charge < -0.3 is 10.6 Å². The van der Waals surface area contributed by atoms with Gasteiger partial charge in [-0.25, -0.2) is 8.78 Å². The number of hydrogen-bond acceptors (Lipinski definition) is 2. The van der Waals surface area contributed by atoms with E-state index in [1.807, 2.05) is 0 Å². The van der Waals surface area contributed by atoms with E-state index in [1.165, 1.54) is 4.90 Å². The number of nitrogens with zero attached hydrogens (tertiary/aromatic N) is 1. The molecule has 1 saturated heterocycles. The Labute approximate surface area is 127 Å². The molecule has 2 N–H and O–H groups in total. The van der Waals surface area contributed by atoms with Crippen molar-refractivity contribution >= 4 is 29.9 Å². The van der Waals surface area contributed by atoms with Crippen LogP contribution in [-0.2, 0) is 0 Å². The van der Waals surface area contributed by atoms with Crippen molar-refractivity contribution in [3.8, 4) is 0 Å². The van der Waals surface area contributed by atoms with Crippen molar-refractivity contribution in [1.82, 2.24) is 4.90 Å². The average Bonchev–Trinajstić information content (AvgIpc) is 2.42. The summed E-state index contributed by atoms with van der Waals surface area (Å²) in [5.41, 5.74) is 5.31. The lowest BCUT2D eigenvalue weighted by Crippen LogP contribution is -2.42. The highest BCUT2D eigenvalue weighted by atomic mass is 35.5. The summed E-state index contributed by atoms with van der Waals surface area (Å²) < 4.78 is 27.0. The van der Waals surface area contributed by atoms with Crippen LogP contribution in [0.3, 0.4) is 0 Å². The third kappa shape index (κ3) is 3.59. The highest BCUT2D eigenvalue weighted by Crippen LogP contribution is 2.23. The number of nitrogens with two attached hydrogens (primary N) is 1. The number of rotatable bonds is 2. The van der Waals surface area contributed by atoms with Crippen LogP contribution >= 0.6 is 24.0 Å². The molecule has 0 bridgehead atoms. The van der Waals surface area contributed by atoms with Crippen LogP contribution in [0.15, 0.2) is 12.1 Å². The van der Waals surface area contributed by atoms with Crippen molar-refractivity contribution in [2.75, 3.05) is 19.6 Å². The van der Waals surface area contributed by atoms with E-state index in [4.69, 9.17) is 17.3 Å². The first-order valence-electron chi connectivity index (χ1n) is 6.16. The van der Waals surface area contributed by atoms with Gasteiger partial charge in [0.05, 0.1) is 10.6 Å².